The summed E-state index contributed by atoms with van der Waals surface area (Å²) in [7, 11) is 0. The van der Waals surface area contributed by atoms with Crippen molar-refractivity contribution in [1.82, 2.24) is 15.5 Å². The lowest BCUT2D eigenvalue weighted by Gasteiger charge is -2.31. The Bertz CT molecular complexity index is 778. The number of carbonyl (C=O) groups excluding carboxylic acids is 3. The average molecular weight is 456 g/mol. The molecule has 0 bridgehead atoms. The van der Waals surface area contributed by atoms with Crippen molar-refractivity contribution in [3.05, 3.63) is 39.9 Å². The number of likely N-dealkylation sites (tertiary alicyclic amines) is 1. The first kappa shape index (κ1) is 24.0. The van der Waals surface area contributed by atoms with E-state index in [9.17, 15) is 14.4 Å². The summed E-state index contributed by atoms with van der Waals surface area (Å²) in [4.78, 5) is 37.3. The molecule has 1 aromatic carbocycles. The molecule has 2 rings (SSSR count). The minimum absolute atomic E-state index is 0.0534. The van der Waals surface area contributed by atoms with Crippen molar-refractivity contribution in [3.63, 3.8) is 0 Å². The number of nitrogens with one attached hydrogen (secondary N) is 2. The normalized spacial score (nSPS) is 14.6. The molecule has 0 unspecified atom stereocenters. The van der Waals surface area contributed by atoms with E-state index < -0.39 is 0 Å². The zero-order valence-electron chi connectivity index (χ0n) is 17.0. The number of rotatable bonds is 8. The van der Waals surface area contributed by atoms with Gasteiger partial charge in [0, 0.05) is 48.2 Å². The van der Waals surface area contributed by atoms with E-state index in [4.69, 9.17) is 27.9 Å². The van der Waals surface area contributed by atoms with Crippen molar-refractivity contribution < 1.29 is 19.1 Å². The Morgan fingerprint density at radius 3 is 2.63 bits per heavy atom. The molecule has 0 saturated carbocycles. The van der Waals surface area contributed by atoms with Crippen LogP contribution in [0.15, 0.2) is 24.3 Å². The van der Waals surface area contributed by atoms with Gasteiger partial charge in [-0.3, -0.25) is 9.59 Å². The first-order valence-corrected chi connectivity index (χ1v) is 10.8. The molecule has 0 aromatic heterocycles. The van der Waals surface area contributed by atoms with Crippen LogP contribution in [0.4, 0.5) is 4.79 Å². The fourth-order valence-corrected chi connectivity index (χ4v) is 3.51. The van der Waals surface area contributed by atoms with E-state index >= 15 is 0 Å². The molecule has 0 aliphatic carbocycles. The highest BCUT2D eigenvalue weighted by atomic mass is 35.5. The molecule has 1 aromatic rings. The van der Waals surface area contributed by atoms with Gasteiger partial charge in [-0.25, -0.2) is 4.79 Å². The molecule has 3 amide bonds. The Balaban J connectivity index is 1.60. The minimum Gasteiger partial charge on any atom is -0.450 e. The van der Waals surface area contributed by atoms with Crippen LogP contribution in [0.25, 0.3) is 6.08 Å². The minimum atomic E-state index is -0.301. The zero-order chi connectivity index (χ0) is 21.9. The molecule has 0 spiro atoms. The summed E-state index contributed by atoms with van der Waals surface area (Å²) in [5.74, 6) is -0.310. The number of hydrogen-bond donors (Lipinski definition) is 2. The van der Waals surface area contributed by atoms with Crippen LogP contribution in [0.1, 0.15) is 38.2 Å². The van der Waals surface area contributed by atoms with Gasteiger partial charge in [-0.15, -0.1) is 0 Å². The lowest BCUT2D eigenvalue weighted by atomic mass is 10.1. The number of amides is 3. The van der Waals surface area contributed by atoms with Gasteiger partial charge in [0.25, 0.3) is 0 Å². The van der Waals surface area contributed by atoms with Crippen LogP contribution in [-0.2, 0) is 14.3 Å². The quantitative estimate of drug-likeness (QED) is 0.462. The van der Waals surface area contributed by atoms with Crippen LogP contribution < -0.4 is 10.6 Å². The number of nitrogens with zero attached hydrogens (tertiary/aromatic N) is 1. The molecule has 0 radical (unpaired) electrons. The van der Waals surface area contributed by atoms with Gasteiger partial charge >= 0.3 is 6.09 Å². The summed E-state index contributed by atoms with van der Waals surface area (Å²) in [5.41, 5.74) is 0.699. The second-order valence-electron chi connectivity index (χ2n) is 6.92. The van der Waals surface area contributed by atoms with Crippen LogP contribution >= 0.6 is 23.2 Å². The van der Waals surface area contributed by atoms with Crippen LogP contribution in [0.5, 0.6) is 0 Å². The summed E-state index contributed by atoms with van der Waals surface area (Å²) in [6.45, 7) is 3.68. The summed E-state index contributed by atoms with van der Waals surface area (Å²) in [5, 5.41) is 6.73. The zero-order valence-corrected chi connectivity index (χ0v) is 18.5. The van der Waals surface area contributed by atoms with E-state index in [1.807, 2.05) is 0 Å². The van der Waals surface area contributed by atoms with Gasteiger partial charge in [-0.1, -0.05) is 29.3 Å². The van der Waals surface area contributed by atoms with E-state index in [2.05, 4.69) is 10.6 Å². The summed E-state index contributed by atoms with van der Waals surface area (Å²) in [6, 6.07) is 5.10. The SMILES string of the molecule is CCOC(=O)N1CCC(NC(=O)CCCNC(=O)/C=C/c2ccc(Cl)cc2Cl)CC1. The Morgan fingerprint density at radius 2 is 1.97 bits per heavy atom. The van der Waals surface area contributed by atoms with Crippen LogP contribution in [-0.4, -0.2) is 55.1 Å². The maximum Gasteiger partial charge on any atom is 0.409 e. The van der Waals surface area contributed by atoms with E-state index in [0.29, 0.717) is 67.5 Å². The van der Waals surface area contributed by atoms with Gasteiger partial charge < -0.3 is 20.3 Å². The Morgan fingerprint density at radius 1 is 1.23 bits per heavy atom. The fourth-order valence-electron chi connectivity index (χ4n) is 3.04. The summed E-state index contributed by atoms with van der Waals surface area (Å²) >= 11 is 11.9. The molecule has 1 aliphatic rings. The Kier molecular flexibility index (Phi) is 9.97. The monoisotopic (exact) mass is 455 g/mol. The van der Waals surface area contributed by atoms with Gasteiger partial charge in [0.1, 0.15) is 0 Å². The highest BCUT2D eigenvalue weighted by Crippen LogP contribution is 2.21. The lowest BCUT2D eigenvalue weighted by molar-refractivity contribution is -0.122. The predicted molar refractivity (Wildman–Crippen MR) is 117 cm³/mol. The maximum absolute atomic E-state index is 12.1. The van der Waals surface area contributed by atoms with E-state index in [0.717, 1.165) is 0 Å². The van der Waals surface area contributed by atoms with E-state index in [-0.39, 0.29) is 23.9 Å². The molecule has 1 saturated heterocycles. The van der Waals surface area contributed by atoms with Crippen molar-refractivity contribution >= 4 is 47.2 Å². The van der Waals surface area contributed by atoms with Gasteiger partial charge in [-0.2, -0.15) is 0 Å². The number of halogens is 2. The molecular formula is C21H27Cl2N3O4. The number of hydrogen-bond acceptors (Lipinski definition) is 4. The highest BCUT2D eigenvalue weighted by Gasteiger charge is 2.24. The molecule has 1 fully saturated rings. The van der Waals surface area contributed by atoms with Crippen molar-refractivity contribution in [2.24, 2.45) is 0 Å². The lowest BCUT2D eigenvalue weighted by Crippen LogP contribution is -2.46. The number of carbonyl (C=O) groups is 3. The number of piperidine rings is 1. The van der Waals surface area contributed by atoms with Crippen molar-refractivity contribution in [2.45, 2.75) is 38.6 Å². The third-order valence-electron chi connectivity index (χ3n) is 4.64. The van der Waals surface area contributed by atoms with Crippen LogP contribution in [0.2, 0.25) is 10.0 Å². The second-order valence-corrected chi connectivity index (χ2v) is 7.77. The molecule has 2 N–H and O–H groups in total. The summed E-state index contributed by atoms with van der Waals surface area (Å²) in [6.07, 6.45) is 4.99. The van der Waals surface area contributed by atoms with Crippen molar-refractivity contribution in [2.75, 3.05) is 26.2 Å². The van der Waals surface area contributed by atoms with Crippen molar-refractivity contribution in [3.8, 4) is 0 Å². The molecule has 1 heterocycles. The molecule has 1 aliphatic heterocycles. The van der Waals surface area contributed by atoms with Gasteiger partial charge in [0.05, 0.1) is 6.61 Å². The third kappa shape index (κ3) is 8.24. The van der Waals surface area contributed by atoms with Gasteiger partial charge in [0.15, 0.2) is 0 Å². The first-order chi connectivity index (χ1) is 14.4. The average Bonchev–Trinajstić information content (AvgIpc) is 2.71. The van der Waals surface area contributed by atoms with Crippen molar-refractivity contribution in [1.29, 1.82) is 0 Å². The first-order valence-electron chi connectivity index (χ1n) is 10.0. The van der Waals surface area contributed by atoms with Gasteiger partial charge in [-0.05, 0) is 50.0 Å². The molecule has 9 heteroatoms. The molecule has 30 heavy (non-hydrogen) atoms. The third-order valence-corrected chi connectivity index (χ3v) is 5.21. The topological polar surface area (TPSA) is 87.7 Å². The molecular weight excluding hydrogens is 429 g/mol. The Labute approximate surface area is 186 Å². The molecule has 7 nitrogen and oxygen atoms in total. The number of benzene rings is 1. The van der Waals surface area contributed by atoms with Gasteiger partial charge in [0.2, 0.25) is 11.8 Å². The fraction of sp³-hybridized carbons (Fsp3) is 0.476. The molecule has 0 atom stereocenters. The summed E-state index contributed by atoms with van der Waals surface area (Å²) < 4.78 is 4.98. The number of ether oxygens (including phenoxy) is 1. The second kappa shape index (κ2) is 12.4. The van der Waals surface area contributed by atoms with Crippen LogP contribution in [0, 0.1) is 0 Å². The van der Waals surface area contributed by atoms with Crippen LogP contribution in [0.3, 0.4) is 0 Å². The smallest absolute Gasteiger partial charge is 0.409 e. The van der Waals surface area contributed by atoms with E-state index in [1.165, 1.54) is 6.08 Å². The largest absolute Gasteiger partial charge is 0.450 e. The highest BCUT2D eigenvalue weighted by molar-refractivity contribution is 6.35. The maximum atomic E-state index is 12.1. The molecule has 164 valence electrons. The predicted octanol–water partition coefficient (Wildman–Crippen LogP) is 3.64. The van der Waals surface area contributed by atoms with E-state index in [1.54, 1.807) is 36.1 Å². The standard InChI is InChI=1S/C21H27Cl2N3O4/c1-2-30-21(29)26-12-9-17(10-13-26)25-20(28)4-3-11-24-19(27)8-6-15-5-7-16(22)14-18(15)23/h5-8,14,17H,2-4,9-13H2,1H3,(H,24,27)(H,25,28)/b8-6+. The Hall–Kier alpha value is -2.25.